The summed E-state index contributed by atoms with van der Waals surface area (Å²) in [6.07, 6.45) is 1.06. The van der Waals surface area contributed by atoms with Crippen LogP contribution in [-0.2, 0) is 4.79 Å². The van der Waals surface area contributed by atoms with Crippen LogP contribution >= 0.6 is 15.9 Å². The number of amides is 2. The summed E-state index contributed by atoms with van der Waals surface area (Å²) in [6, 6.07) is 12.8. The Bertz CT molecular complexity index is 809. The lowest BCUT2D eigenvalue weighted by atomic mass is 9.99. The van der Waals surface area contributed by atoms with Crippen molar-refractivity contribution in [3.63, 3.8) is 0 Å². The topological polar surface area (TPSA) is 76.7 Å². The van der Waals surface area contributed by atoms with Crippen molar-refractivity contribution < 1.29 is 19.1 Å². The molecule has 0 bridgehead atoms. The predicted octanol–water partition coefficient (Wildman–Crippen LogP) is 4.20. The van der Waals surface area contributed by atoms with Crippen LogP contribution in [0, 0.1) is 0 Å². The Hall–Kier alpha value is -2.54. The molecule has 0 aliphatic heterocycles. The molecule has 2 amide bonds. The fraction of sp³-hybridized carbons (Fsp3) is 0.333. The first-order valence-electron chi connectivity index (χ1n) is 9.18. The molecule has 2 aromatic rings. The Morgan fingerprint density at radius 3 is 2.39 bits per heavy atom. The van der Waals surface area contributed by atoms with E-state index in [4.69, 9.17) is 9.47 Å². The molecule has 0 saturated heterocycles. The molecule has 0 aliphatic carbocycles. The average Bonchev–Trinajstić information content (AvgIpc) is 2.71. The van der Waals surface area contributed by atoms with Gasteiger partial charge in [-0.3, -0.25) is 20.4 Å². The minimum absolute atomic E-state index is 0.209. The van der Waals surface area contributed by atoms with Gasteiger partial charge in [-0.15, -0.1) is 0 Å². The summed E-state index contributed by atoms with van der Waals surface area (Å²) in [7, 11) is 0. The van der Waals surface area contributed by atoms with E-state index in [1.165, 1.54) is 5.56 Å². The van der Waals surface area contributed by atoms with Gasteiger partial charge >= 0.3 is 0 Å². The van der Waals surface area contributed by atoms with Gasteiger partial charge in [-0.1, -0.05) is 41.9 Å². The molecular weight excluding hydrogens is 424 g/mol. The van der Waals surface area contributed by atoms with Crippen molar-refractivity contribution in [2.24, 2.45) is 0 Å². The Morgan fingerprint density at radius 1 is 1.04 bits per heavy atom. The molecule has 1 atom stereocenters. The van der Waals surface area contributed by atoms with Crippen LogP contribution in [0.1, 0.15) is 49.0 Å². The van der Waals surface area contributed by atoms with Crippen molar-refractivity contribution in [1.82, 2.24) is 10.9 Å². The summed E-state index contributed by atoms with van der Waals surface area (Å²) >= 11 is 3.32. The van der Waals surface area contributed by atoms with Gasteiger partial charge in [0, 0.05) is 4.47 Å². The maximum Gasteiger partial charge on any atom is 0.276 e. The van der Waals surface area contributed by atoms with Crippen LogP contribution in [0.3, 0.4) is 0 Å². The normalized spacial score (nSPS) is 11.4. The van der Waals surface area contributed by atoms with E-state index in [1.807, 2.05) is 31.2 Å². The number of halogens is 1. The van der Waals surface area contributed by atoms with Gasteiger partial charge in [-0.05, 0) is 55.2 Å². The highest BCUT2D eigenvalue weighted by molar-refractivity contribution is 9.10. The first kappa shape index (κ1) is 21.8. The SMILES string of the molecule is CCOc1ccc(Br)cc1C(=O)NNC(=O)COc1ccc(C(C)CC)cc1. The van der Waals surface area contributed by atoms with Gasteiger partial charge in [0.1, 0.15) is 11.5 Å². The Balaban J connectivity index is 1.85. The molecule has 0 saturated carbocycles. The summed E-state index contributed by atoms with van der Waals surface area (Å²) in [5, 5.41) is 0. The fourth-order valence-electron chi connectivity index (χ4n) is 2.47. The van der Waals surface area contributed by atoms with Crippen LogP contribution < -0.4 is 20.3 Å². The van der Waals surface area contributed by atoms with Crippen molar-refractivity contribution in [2.75, 3.05) is 13.2 Å². The summed E-state index contributed by atoms with van der Waals surface area (Å²) in [5.41, 5.74) is 6.26. The van der Waals surface area contributed by atoms with Crippen molar-refractivity contribution in [1.29, 1.82) is 0 Å². The predicted molar refractivity (Wildman–Crippen MR) is 112 cm³/mol. The zero-order chi connectivity index (χ0) is 20.5. The molecule has 2 aromatic carbocycles. The number of hydrogen-bond donors (Lipinski definition) is 2. The van der Waals surface area contributed by atoms with Gasteiger partial charge in [0.2, 0.25) is 0 Å². The second-order valence-electron chi connectivity index (χ2n) is 6.24. The first-order valence-corrected chi connectivity index (χ1v) is 9.98. The van der Waals surface area contributed by atoms with Crippen molar-refractivity contribution in [3.8, 4) is 11.5 Å². The highest BCUT2D eigenvalue weighted by Crippen LogP contribution is 2.23. The fourth-order valence-corrected chi connectivity index (χ4v) is 2.83. The molecule has 0 aliphatic rings. The number of hydrogen-bond acceptors (Lipinski definition) is 4. The largest absolute Gasteiger partial charge is 0.493 e. The zero-order valence-corrected chi connectivity index (χ0v) is 17.8. The molecule has 2 N–H and O–H groups in total. The lowest BCUT2D eigenvalue weighted by Crippen LogP contribution is -2.44. The van der Waals surface area contributed by atoms with Gasteiger partial charge in [0.05, 0.1) is 12.2 Å². The van der Waals surface area contributed by atoms with Crippen LogP contribution in [0.4, 0.5) is 0 Å². The summed E-state index contributed by atoms with van der Waals surface area (Å²) in [6.45, 7) is 6.35. The number of carbonyl (C=O) groups excluding carboxylic acids is 2. The number of rotatable bonds is 8. The molecule has 0 aromatic heterocycles. The molecule has 0 heterocycles. The first-order chi connectivity index (χ1) is 13.4. The molecule has 1 unspecified atom stereocenters. The second kappa shape index (κ2) is 10.7. The van der Waals surface area contributed by atoms with Gasteiger partial charge in [-0.2, -0.15) is 0 Å². The quantitative estimate of drug-likeness (QED) is 0.593. The highest BCUT2D eigenvalue weighted by atomic mass is 79.9. The zero-order valence-electron chi connectivity index (χ0n) is 16.3. The van der Waals surface area contributed by atoms with Crippen LogP contribution in [-0.4, -0.2) is 25.0 Å². The molecular formula is C21H25BrN2O4. The molecule has 7 heteroatoms. The molecule has 0 radical (unpaired) electrons. The molecule has 0 fully saturated rings. The third-order valence-electron chi connectivity index (χ3n) is 4.23. The third-order valence-corrected chi connectivity index (χ3v) is 4.73. The molecule has 150 valence electrons. The molecule has 28 heavy (non-hydrogen) atoms. The lowest BCUT2D eigenvalue weighted by molar-refractivity contribution is -0.123. The van der Waals surface area contributed by atoms with E-state index in [-0.39, 0.29) is 6.61 Å². The van der Waals surface area contributed by atoms with Crippen molar-refractivity contribution in [3.05, 3.63) is 58.1 Å². The Labute approximate surface area is 173 Å². The highest BCUT2D eigenvalue weighted by Gasteiger charge is 2.14. The standard InChI is InChI=1S/C21H25BrN2O4/c1-4-14(3)15-6-9-17(10-7-15)28-13-20(25)23-24-21(26)18-12-16(22)8-11-19(18)27-5-2/h6-12,14H,4-5,13H2,1-3H3,(H,23,25)(H,24,26). The maximum atomic E-state index is 12.3. The van der Waals surface area contributed by atoms with E-state index in [9.17, 15) is 9.59 Å². The van der Waals surface area contributed by atoms with Gasteiger partial charge in [-0.25, -0.2) is 0 Å². The number of hydrazine groups is 1. The van der Waals surface area contributed by atoms with Crippen molar-refractivity contribution >= 4 is 27.7 Å². The van der Waals surface area contributed by atoms with E-state index >= 15 is 0 Å². The van der Waals surface area contributed by atoms with Crippen LogP contribution in [0.25, 0.3) is 0 Å². The van der Waals surface area contributed by atoms with Crippen LogP contribution in [0.5, 0.6) is 11.5 Å². The molecule has 0 spiro atoms. The van der Waals surface area contributed by atoms with E-state index in [0.717, 1.165) is 10.9 Å². The Morgan fingerprint density at radius 2 is 1.75 bits per heavy atom. The maximum absolute atomic E-state index is 12.3. The minimum Gasteiger partial charge on any atom is -0.493 e. The van der Waals surface area contributed by atoms with E-state index in [0.29, 0.717) is 29.6 Å². The summed E-state index contributed by atoms with van der Waals surface area (Å²) < 4.78 is 11.6. The average molecular weight is 449 g/mol. The van der Waals surface area contributed by atoms with Crippen molar-refractivity contribution in [2.45, 2.75) is 33.1 Å². The van der Waals surface area contributed by atoms with Crippen LogP contribution in [0.15, 0.2) is 46.9 Å². The number of benzene rings is 2. The third kappa shape index (κ3) is 6.27. The number of carbonyl (C=O) groups is 2. The van der Waals surface area contributed by atoms with Gasteiger partial charge in [0.25, 0.3) is 11.8 Å². The van der Waals surface area contributed by atoms with E-state index in [1.54, 1.807) is 18.2 Å². The number of nitrogens with one attached hydrogen (secondary N) is 2. The Kier molecular flexibility index (Phi) is 8.32. The smallest absolute Gasteiger partial charge is 0.276 e. The van der Waals surface area contributed by atoms with E-state index < -0.39 is 11.8 Å². The van der Waals surface area contributed by atoms with Crippen LogP contribution in [0.2, 0.25) is 0 Å². The van der Waals surface area contributed by atoms with Gasteiger partial charge in [0.15, 0.2) is 6.61 Å². The summed E-state index contributed by atoms with van der Waals surface area (Å²) in [5.74, 6) is 0.574. The molecule has 6 nitrogen and oxygen atoms in total. The van der Waals surface area contributed by atoms with Gasteiger partial charge < -0.3 is 9.47 Å². The van der Waals surface area contributed by atoms with E-state index in [2.05, 4.69) is 40.6 Å². The molecule has 2 rings (SSSR count). The lowest BCUT2D eigenvalue weighted by Gasteiger charge is -2.13. The monoisotopic (exact) mass is 448 g/mol. The summed E-state index contributed by atoms with van der Waals surface area (Å²) in [4.78, 5) is 24.3. The minimum atomic E-state index is -0.476. The number of ether oxygens (including phenoxy) is 2. The second-order valence-corrected chi connectivity index (χ2v) is 7.16.